The lowest BCUT2D eigenvalue weighted by atomic mass is 10.1. The van der Waals surface area contributed by atoms with E-state index in [1.165, 1.54) is 0 Å². The van der Waals surface area contributed by atoms with Crippen LogP contribution >= 0.6 is 11.8 Å². The molecular weight excluding hydrogens is 158 g/mol. The van der Waals surface area contributed by atoms with Gasteiger partial charge in [-0.1, -0.05) is 24.3 Å². The molecule has 3 unspecified atom stereocenters. The van der Waals surface area contributed by atoms with Gasteiger partial charge in [0.25, 0.3) is 0 Å². The van der Waals surface area contributed by atoms with E-state index in [2.05, 4.69) is 29.6 Å². The molecule has 11 heavy (non-hydrogen) atoms. The number of methoxy groups -OCH3 is 1. The SMILES string of the molecule is COC1NC2C=CC=CC2S1. The number of ether oxygens (including phenoxy) is 1. The Morgan fingerprint density at radius 1 is 1.36 bits per heavy atom. The van der Waals surface area contributed by atoms with Gasteiger partial charge in [0.2, 0.25) is 0 Å². The van der Waals surface area contributed by atoms with Crippen LogP contribution in [-0.4, -0.2) is 24.0 Å². The molecule has 0 aromatic carbocycles. The zero-order valence-corrected chi connectivity index (χ0v) is 7.17. The summed E-state index contributed by atoms with van der Waals surface area (Å²) in [6.07, 6.45) is 8.55. The summed E-state index contributed by atoms with van der Waals surface area (Å²) in [6.45, 7) is 0. The molecule has 0 aromatic rings. The Hall–Kier alpha value is -0.250. The molecule has 1 aliphatic carbocycles. The van der Waals surface area contributed by atoms with E-state index in [9.17, 15) is 0 Å². The monoisotopic (exact) mass is 169 g/mol. The smallest absolute Gasteiger partial charge is 0.156 e. The highest BCUT2D eigenvalue weighted by Crippen LogP contribution is 2.30. The van der Waals surface area contributed by atoms with Gasteiger partial charge in [0.05, 0.1) is 0 Å². The molecule has 60 valence electrons. The Bertz CT molecular complexity index is 182. The molecule has 2 nitrogen and oxygen atoms in total. The first kappa shape index (κ1) is 7.40. The van der Waals surface area contributed by atoms with Crippen LogP contribution in [-0.2, 0) is 4.74 Å². The molecule has 1 saturated heterocycles. The number of nitrogens with one attached hydrogen (secondary N) is 1. The van der Waals surface area contributed by atoms with Crippen molar-refractivity contribution < 1.29 is 4.74 Å². The van der Waals surface area contributed by atoms with Crippen LogP contribution in [0.3, 0.4) is 0 Å². The van der Waals surface area contributed by atoms with E-state index >= 15 is 0 Å². The average molecular weight is 169 g/mol. The summed E-state index contributed by atoms with van der Waals surface area (Å²) in [6, 6.07) is 0.468. The van der Waals surface area contributed by atoms with Crippen LogP contribution in [0.25, 0.3) is 0 Å². The quantitative estimate of drug-likeness (QED) is 0.635. The lowest BCUT2D eigenvalue weighted by Crippen LogP contribution is -2.32. The number of thioether (sulfide) groups is 1. The number of allylic oxidation sites excluding steroid dienone is 2. The summed E-state index contributed by atoms with van der Waals surface area (Å²) in [5.41, 5.74) is 0.164. The van der Waals surface area contributed by atoms with E-state index < -0.39 is 0 Å². The van der Waals surface area contributed by atoms with Gasteiger partial charge in [0, 0.05) is 18.4 Å². The zero-order chi connectivity index (χ0) is 7.68. The van der Waals surface area contributed by atoms with Crippen LogP contribution < -0.4 is 5.32 Å². The lowest BCUT2D eigenvalue weighted by Gasteiger charge is -2.12. The van der Waals surface area contributed by atoms with Crippen molar-refractivity contribution in [2.75, 3.05) is 7.11 Å². The van der Waals surface area contributed by atoms with Gasteiger partial charge in [-0.15, -0.1) is 11.8 Å². The number of rotatable bonds is 1. The molecule has 1 N–H and O–H groups in total. The summed E-state index contributed by atoms with van der Waals surface area (Å²) in [4.78, 5) is 0. The minimum absolute atomic E-state index is 0.164. The third-order valence-corrected chi connectivity index (χ3v) is 3.25. The minimum atomic E-state index is 0.164. The first-order chi connectivity index (χ1) is 5.40. The maximum atomic E-state index is 5.19. The third-order valence-electron chi connectivity index (χ3n) is 1.91. The number of fused-ring (bicyclic) bond motifs is 1. The molecule has 1 heterocycles. The van der Waals surface area contributed by atoms with E-state index in [-0.39, 0.29) is 5.56 Å². The topological polar surface area (TPSA) is 21.3 Å². The second-order valence-corrected chi connectivity index (χ2v) is 3.88. The van der Waals surface area contributed by atoms with Gasteiger partial charge >= 0.3 is 0 Å². The highest BCUT2D eigenvalue weighted by atomic mass is 32.2. The molecule has 0 bridgehead atoms. The molecule has 0 radical (unpaired) electrons. The first-order valence-electron chi connectivity index (χ1n) is 3.69. The molecule has 1 aliphatic heterocycles. The Labute approximate surface area is 70.7 Å². The number of hydrogen-bond acceptors (Lipinski definition) is 3. The Morgan fingerprint density at radius 2 is 2.18 bits per heavy atom. The summed E-state index contributed by atoms with van der Waals surface area (Å²) in [5.74, 6) is 0. The second-order valence-electron chi connectivity index (χ2n) is 2.63. The van der Waals surface area contributed by atoms with Crippen molar-refractivity contribution in [2.24, 2.45) is 0 Å². The summed E-state index contributed by atoms with van der Waals surface area (Å²) in [7, 11) is 1.73. The van der Waals surface area contributed by atoms with E-state index in [1.807, 2.05) is 11.8 Å². The van der Waals surface area contributed by atoms with Gasteiger partial charge in [-0.25, -0.2) is 0 Å². The van der Waals surface area contributed by atoms with Crippen molar-refractivity contribution in [3.8, 4) is 0 Å². The van der Waals surface area contributed by atoms with Crippen molar-refractivity contribution in [2.45, 2.75) is 16.9 Å². The maximum Gasteiger partial charge on any atom is 0.156 e. The summed E-state index contributed by atoms with van der Waals surface area (Å²) < 4.78 is 5.19. The van der Waals surface area contributed by atoms with E-state index in [1.54, 1.807) is 7.11 Å². The normalized spacial score (nSPS) is 41.0. The predicted molar refractivity (Wildman–Crippen MR) is 47.4 cm³/mol. The third kappa shape index (κ3) is 1.36. The van der Waals surface area contributed by atoms with Crippen LogP contribution in [0.5, 0.6) is 0 Å². The van der Waals surface area contributed by atoms with Gasteiger partial charge in [0.15, 0.2) is 5.56 Å². The first-order valence-corrected chi connectivity index (χ1v) is 4.64. The largest absolute Gasteiger partial charge is 0.357 e. The Morgan fingerprint density at radius 3 is 2.91 bits per heavy atom. The maximum absolute atomic E-state index is 5.19. The van der Waals surface area contributed by atoms with Gasteiger partial charge in [-0.05, 0) is 0 Å². The van der Waals surface area contributed by atoms with Crippen LogP contribution in [0.4, 0.5) is 0 Å². The fourth-order valence-corrected chi connectivity index (χ4v) is 2.48. The average Bonchev–Trinajstić information content (AvgIpc) is 2.46. The standard InChI is InChI=1S/C8H11NOS/c1-10-8-9-6-4-2-3-5-7(6)11-8/h2-9H,1H3. The highest BCUT2D eigenvalue weighted by Gasteiger charge is 2.31. The van der Waals surface area contributed by atoms with Gasteiger partial charge in [-0.3, -0.25) is 5.32 Å². The second kappa shape index (κ2) is 3.01. The molecule has 0 spiro atoms. The number of hydrogen-bond donors (Lipinski definition) is 1. The van der Waals surface area contributed by atoms with E-state index in [0.29, 0.717) is 11.3 Å². The lowest BCUT2D eigenvalue weighted by molar-refractivity contribution is 0.148. The minimum Gasteiger partial charge on any atom is -0.357 e. The molecule has 1 fully saturated rings. The van der Waals surface area contributed by atoms with Crippen molar-refractivity contribution in [3.05, 3.63) is 24.3 Å². The fraction of sp³-hybridized carbons (Fsp3) is 0.500. The van der Waals surface area contributed by atoms with Gasteiger partial charge < -0.3 is 4.74 Å². The molecule has 2 rings (SSSR count). The van der Waals surface area contributed by atoms with Crippen LogP contribution in [0.2, 0.25) is 0 Å². The van der Waals surface area contributed by atoms with Crippen molar-refractivity contribution in [3.63, 3.8) is 0 Å². The molecule has 0 amide bonds. The van der Waals surface area contributed by atoms with Crippen LogP contribution in [0.1, 0.15) is 0 Å². The molecule has 2 aliphatic rings. The Kier molecular flexibility index (Phi) is 2.02. The molecule has 0 saturated carbocycles. The highest BCUT2D eigenvalue weighted by molar-refractivity contribution is 8.00. The molecule has 3 atom stereocenters. The Balaban J connectivity index is 2.06. The van der Waals surface area contributed by atoms with E-state index in [0.717, 1.165) is 0 Å². The summed E-state index contributed by atoms with van der Waals surface area (Å²) in [5, 5.41) is 3.91. The van der Waals surface area contributed by atoms with E-state index in [4.69, 9.17) is 4.74 Å². The van der Waals surface area contributed by atoms with Crippen molar-refractivity contribution in [1.82, 2.24) is 5.32 Å². The van der Waals surface area contributed by atoms with Crippen molar-refractivity contribution >= 4 is 11.8 Å². The van der Waals surface area contributed by atoms with Crippen LogP contribution in [0, 0.1) is 0 Å². The van der Waals surface area contributed by atoms with Crippen molar-refractivity contribution in [1.29, 1.82) is 0 Å². The van der Waals surface area contributed by atoms with Gasteiger partial charge in [0.1, 0.15) is 0 Å². The molecular formula is C8H11NOS. The summed E-state index contributed by atoms with van der Waals surface area (Å²) >= 11 is 1.82. The zero-order valence-electron chi connectivity index (χ0n) is 6.36. The van der Waals surface area contributed by atoms with Gasteiger partial charge in [-0.2, -0.15) is 0 Å². The van der Waals surface area contributed by atoms with Crippen LogP contribution in [0.15, 0.2) is 24.3 Å². The molecule has 3 heteroatoms. The fourth-order valence-electron chi connectivity index (χ4n) is 1.33. The predicted octanol–water partition coefficient (Wildman–Crippen LogP) is 1.12. The molecule has 0 aromatic heterocycles.